The minimum atomic E-state index is -0.129. The lowest BCUT2D eigenvalue weighted by Gasteiger charge is -2.12. The highest BCUT2D eigenvalue weighted by molar-refractivity contribution is 5.96. The maximum Gasteiger partial charge on any atom is 0.253 e. The van der Waals surface area contributed by atoms with Crippen LogP contribution in [0.15, 0.2) is 30.3 Å². The second-order valence-electron chi connectivity index (χ2n) is 5.75. The zero-order valence-corrected chi connectivity index (χ0v) is 13.6. The van der Waals surface area contributed by atoms with Gasteiger partial charge in [0.05, 0.1) is 12.1 Å². The molecular formula is C19H22N2O. The molecule has 0 atom stereocenters. The molecule has 0 unspecified atom stereocenters. The van der Waals surface area contributed by atoms with E-state index in [1.165, 1.54) is 5.56 Å². The molecule has 0 aliphatic heterocycles. The Bertz CT molecular complexity index is 715. The Balaban J connectivity index is 2.38. The monoisotopic (exact) mass is 294 g/mol. The third-order valence-electron chi connectivity index (χ3n) is 3.84. The topological polar surface area (TPSA) is 34.0 Å². The van der Waals surface area contributed by atoms with E-state index >= 15 is 0 Å². The summed E-state index contributed by atoms with van der Waals surface area (Å²) in [6.45, 7) is 8.55. The quantitative estimate of drug-likeness (QED) is 0.859. The molecule has 0 bridgehead atoms. The van der Waals surface area contributed by atoms with Gasteiger partial charge in [0.2, 0.25) is 0 Å². The van der Waals surface area contributed by atoms with Crippen molar-refractivity contribution in [2.45, 2.75) is 33.6 Å². The van der Waals surface area contributed by atoms with Gasteiger partial charge in [-0.3, -0.25) is 4.79 Å². The lowest BCUT2D eigenvalue weighted by molar-refractivity contribution is 0.0958. The summed E-state index contributed by atoms with van der Waals surface area (Å²) in [7, 11) is 0. The zero-order chi connectivity index (χ0) is 16.3. The summed E-state index contributed by atoms with van der Waals surface area (Å²) >= 11 is 0. The molecule has 0 aliphatic carbocycles. The molecule has 1 N–H and O–H groups in total. The summed E-state index contributed by atoms with van der Waals surface area (Å²) < 4.78 is 2.09. The van der Waals surface area contributed by atoms with E-state index in [1.807, 2.05) is 19.9 Å². The number of hydrogen-bond acceptors (Lipinski definition) is 1. The number of amides is 1. The van der Waals surface area contributed by atoms with Crippen molar-refractivity contribution >= 4 is 5.91 Å². The second kappa shape index (κ2) is 6.53. The van der Waals surface area contributed by atoms with Crippen molar-refractivity contribution in [1.29, 1.82) is 0 Å². The fourth-order valence-electron chi connectivity index (χ4n) is 2.62. The number of nitrogens with zero attached hydrogens (tertiary/aromatic N) is 1. The molecule has 1 heterocycles. The normalized spacial score (nSPS) is 10.5. The SMILES string of the molecule is C#CCNC(=O)c1cc(C)n(-c2ccc(C(C)C)cc2)c1C. The number of benzene rings is 1. The number of hydrogen-bond donors (Lipinski definition) is 1. The minimum absolute atomic E-state index is 0.129. The Morgan fingerprint density at radius 2 is 1.91 bits per heavy atom. The summed E-state index contributed by atoms with van der Waals surface area (Å²) in [5.74, 6) is 2.80. The molecule has 114 valence electrons. The molecule has 0 saturated heterocycles. The van der Waals surface area contributed by atoms with E-state index in [0.717, 1.165) is 17.1 Å². The van der Waals surface area contributed by atoms with Crippen molar-refractivity contribution in [3.8, 4) is 18.0 Å². The van der Waals surface area contributed by atoms with Crippen molar-refractivity contribution in [2.75, 3.05) is 6.54 Å². The number of carbonyl (C=O) groups excluding carboxylic acids is 1. The average molecular weight is 294 g/mol. The Hall–Kier alpha value is -2.47. The van der Waals surface area contributed by atoms with Gasteiger partial charge in [0.1, 0.15) is 0 Å². The van der Waals surface area contributed by atoms with Crippen LogP contribution in [0.3, 0.4) is 0 Å². The van der Waals surface area contributed by atoms with E-state index in [9.17, 15) is 4.79 Å². The first-order valence-corrected chi connectivity index (χ1v) is 7.46. The predicted octanol–water partition coefficient (Wildman–Crippen LogP) is 3.58. The van der Waals surface area contributed by atoms with Crippen LogP contribution in [0, 0.1) is 26.2 Å². The van der Waals surface area contributed by atoms with Gasteiger partial charge in [0.15, 0.2) is 0 Å². The highest BCUT2D eigenvalue weighted by atomic mass is 16.1. The molecule has 0 radical (unpaired) electrons. The van der Waals surface area contributed by atoms with Gasteiger partial charge in [-0.05, 0) is 43.5 Å². The third kappa shape index (κ3) is 3.07. The van der Waals surface area contributed by atoms with E-state index in [4.69, 9.17) is 6.42 Å². The van der Waals surface area contributed by atoms with Crippen molar-refractivity contribution in [3.05, 3.63) is 52.8 Å². The zero-order valence-electron chi connectivity index (χ0n) is 13.6. The van der Waals surface area contributed by atoms with Crippen LogP contribution in [0.1, 0.15) is 47.1 Å². The Labute approximate surface area is 132 Å². The summed E-state index contributed by atoms with van der Waals surface area (Å²) in [5, 5.41) is 2.72. The Kier molecular flexibility index (Phi) is 4.72. The molecule has 1 aromatic carbocycles. The van der Waals surface area contributed by atoms with Crippen molar-refractivity contribution in [1.82, 2.24) is 9.88 Å². The molecule has 0 saturated carbocycles. The van der Waals surface area contributed by atoms with Crippen molar-refractivity contribution in [2.24, 2.45) is 0 Å². The summed E-state index contributed by atoms with van der Waals surface area (Å²) in [4.78, 5) is 12.1. The summed E-state index contributed by atoms with van der Waals surface area (Å²) in [5.41, 5.74) is 4.99. The molecule has 3 nitrogen and oxygen atoms in total. The number of nitrogens with one attached hydrogen (secondary N) is 1. The lowest BCUT2D eigenvalue weighted by Crippen LogP contribution is -2.23. The van der Waals surface area contributed by atoms with Gasteiger partial charge in [-0.15, -0.1) is 6.42 Å². The molecule has 1 aromatic heterocycles. The van der Waals surface area contributed by atoms with Gasteiger partial charge >= 0.3 is 0 Å². The summed E-state index contributed by atoms with van der Waals surface area (Å²) in [6, 6.07) is 10.4. The molecule has 0 aliphatic rings. The van der Waals surface area contributed by atoms with Crippen molar-refractivity contribution in [3.63, 3.8) is 0 Å². The van der Waals surface area contributed by atoms with Gasteiger partial charge in [0.25, 0.3) is 5.91 Å². The van der Waals surface area contributed by atoms with Crippen LogP contribution in [-0.4, -0.2) is 17.0 Å². The highest BCUT2D eigenvalue weighted by Crippen LogP contribution is 2.23. The molecule has 22 heavy (non-hydrogen) atoms. The van der Waals surface area contributed by atoms with E-state index in [-0.39, 0.29) is 12.5 Å². The number of aromatic nitrogens is 1. The number of carbonyl (C=O) groups is 1. The molecular weight excluding hydrogens is 272 g/mol. The molecule has 0 spiro atoms. The fourth-order valence-corrected chi connectivity index (χ4v) is 2.62. The first-order valence-electron chi connectivity index (χ1n) is 7.46. The van der Waals surface area contributed by atoms with Gasteiger partial charge in [-0.25, -0.2) is 0 Å². The number of aryl methyl sites for hydroxylation is 1. The second-order valence-corrected chi connectivity index (χ2v) is 5.75. The number of terminal acetylenes is 1. The van der Waals surface area contributed by atoms with E-state index in [0.29, 0.717) is 11.5 Å². The first kappa shape index (κ1) is 15.9. The van der Waals surface area contributed by atoms with Crippen LogP contribution < -0.4 is 5.32 Å². The van der Waals surface area contributed by atoms with Gasteiger partial charge in [0, 0.05) is 17.1 Å². The maximum absolute atomic E-state index is 12.1. The van der Waals surface area contributed by atoms with Crippen LogP contribution >= 0.6 is 0 Å². The van der Waals surface area contributed by atoms with Crippen LogP contribution in [0.5, 0.6) is 0 Å². The maximum atomic E-state index is 12.1. The predicted molar refractivity (Wildman–Crippen MR) is 90.5 cm³/mol. The van der Waals surface area contributed by atoms with E-state index in [2.05, 4.69) is 53.9 Å². The molecule has 0 fully saturated rings. The van der Waals surface area contributed by atoms with Crippen LogP contribution in [-0.2, 0) is 0 Å². The van der Waals surface area contributed by atoms with E-state index < -0.39 is 0 Å². The highest BCUT2D eigenvalue weighted by Gasteiger charge is 2.16. The lowest BCUT2D eigenvalue weighted by atomic mass is 10.0. The van der Waals surface area contributed by atoms with Crippen LogP contribution in [0.25, 0.3) is 5.69 Å². The van der Waals surface area contributed by atoms with Gasteiger partial charge in [-0.2, -0.15) is 0 Å². The Morgan fingerprint density at radius 1 is 1.27 bits per heavy atom. The summed E-state index contributed by atoms with van der Waals surface area (Å²) in [6.07, 6.45) is 5.19. The van der Waals surface area contributed by atoms with Gasteiger partial charge in [-0.1, -0.05) is 31.9 Å². The van der Waals surface area contributed by atoms with E-state index in [1.54, 1.807) is 0 Å². The third-order valence-corrected chi connectivity index (χ3v) is 3.84. The first-order chi connectivity index (χ1) is 10.5. The Morgan fingerprint density at radius 3 is 2.45 bits per heavy atom. The van der Waals surface area contributed by atoms with Crippen LogP contribution in [0.4, 0.5) is 0 Å². The fraction of sp³-hybridized carbons (Fsp3) is 0.316. The standard InChI is InChI=1S/C19H22N2O/c1-6-11-20-19(22)18-12-14(4)21(15(18)5)17-9-7-16(8-10-17)13(2)3/h1,7-10,12-13H,11H2,2-5H3,(H,20,22). The smallest absolute Gasteiger partial charge is 0.253 e. The molecule has 1 amide bonds. The number of rotatable bonds is 4. The van der Waals surface area contributed by atoms with Gasteiger partial charge < -0.3 is 9.88 Å². The average Bonchev–Trinajstić information content (AvgIpc) is 2.80. The minimum Gasteiger partial charge on any atom is -0.341 e. The van der Waals surface area contributed by atoms with Crippen molar-refractivity contribution < 1.29 is 4.79 Å². The van der Waals surface area contributed by atoms with Crippen LogP contribution in [0.2, 0.25) is 0 Å². The molecule has 2 aromatic rings. The largest absolute Gasteiger partial charge is 0.341 e. The molecule has 3 heteroatoms. The molecule has 2 rings (SSSR count).